The molecule has 5 heteroatoms. The predicted molar refractivity (Wildman–Crippen MR) is 69.4 cm³/mol. The number of nitrogen functional groups attached to an aromatic ring is 1. The lowest BCUT2D eigenvalue weighted by molar-refractivity contribution is 0.220. The van der Waals surface area contributed by atoms with Gasteiger partial charge < -0.3 is 15.6 Å². The van der Waals surface area contributed by atoms with E-state index in [1.165, 1.54) is 4.68 Å². The van der Waals surface area contributed by atoms with E-state index >= 15 is 0 Å². The summed E-state index contributed by atoms with van der Waals surface area (Å²) in [6.07, 6.45) is 0.813. The number of rotatable bonds is 3. The lowest BCUT2D eigenvalue weighted by atomic mass is 9.99. The summed E-state index contributed by atoms with van der Waals surface area (Å²) in [7, 11) is 3.36. The van der Waals surface area contributed by atoms with Crippen LogP contribution in [0.5, 0.6) is 5.75 Å². The molecular weight excluding hydrogens is 230 g/mol. The molecule has 0 saturated carbocycles. The van der Waals surface area contributed by atoms with Gasteiger partial charge in [0.2, 0.25) is 0 Å². The molecule has 1 heterocycles. The van der Waals surface area contributed by atoms with Gasteiger partial charge in [-0.25, -0.2) is 0 Å². The molecule has 1 aromatic carbocycles. The molecule has 0 saturated heterocycles. The fraction of sp³-hybridized carbons (Fsp3) is 0.308. The second kappa shape index (κ2) is 4.70. The van der Waals surface area contributed by atoms with Crippen molar-refractivity contribution < 1.29 is 9.84 Å². The van der Waals surface area contributed by atoms with Gasteiger partial charge in [0, 0.05) is 12.6 Å². The van der Waals surface area contributed by atoms with Crippen molar-refractivity contribution in [2.45, 2.75) is 13.0 Å². The number of nitrogens with zero attached hydrogens (tertiary/aromatic N) is 2. The number of hydrogen-bond acceptors (Lipinski definition) is 4. The summed E-state index contributed by atoms with van der Waals surface area (Å²) >= 11 is 0. The van der Waals surface area contributed by atoms with Gasteiger partial charge in [0.05, 0.1) is 13.3 Å². The average Bonchev–Trinajstić information content (AvgIpc) is 2.69. The lowest BCUT2D eigenvalue weighted by Gasteiger charge is -2.14. The molecule has 5 nitrogen and oxygen atoms in total. The second-order valence-electron chi connectivity index (χ2n) is 4.23. The van der Waals surface area contributed by atoms with E-state index in [-0.39, 0.29) is 0 Å². The van der Waals surface area contributed by atoms with Crippen molar-refractivity contribution in [3.05, 3.63) is 41.1 Å². The van der Waals surface area contributed by atoms with Crippen LogP contribution in [0.4, 0.5) is 5.82 Å². The third-order valence-electron chi connectivity index (χ3n) is 3.08. The van der Waals surface area contributed by atoms with Crippen molar-refractivity contribution in [2.24, 2.45) is 7.05 Å². The highest BCUT2D eigenvalue weighted by Gasteiger charge is 2.18. The Morgan fingerprint density at radius 1 is 1.39 bits per heavy atom. The number of nitrogens with two attached hydrogens (primary N) is 1. The van der Waals surface area contributed by atoms with E-state index in [0.717, 1.165) is 16.9 Å². The van der Waals surface area contributed by atoms with Crippen molar-refractivity contribution >= 4 is 5.82 Å². The zero-order valence-corrected chi connectivity index (χ0v) is 10.7. The van der Waals surface area contributed by atoms with Crippen LogP contribution in [0.1, 0.15) is 22.8 Å². The first-order valence-electron chi connectivity index (χ1n) is 5.64. The minimum absolute atomic E-state index is 0.470. The van der Waals surface area contributed by atoms with Crippen LogP contribution >= 0.6 is 0 Å². The Morgan fingerprint density at radius 3 is 2.61 bits per heavy atom. The van der Waals surface area contributed by atoms with Crippen LogP contribution in [0.15, 0.2) is 24.4 Å². The third kappa shape index (κ3) is 2.04. The van der Waals surface area contributed by atoms with Gasteiger partial charge >= 0.3 is 0 Å². The summed E-state index contributed by atoms with van der Waals surface area (Å²) < 4.78 is 6.68. The van der Waals surface area contributed by atoms with Gasteiger partial charge in [-0.05, 0) is 30.2 Å². The molecule has 0 aliphatic heterocycles. The topological polar surface area (TPSA) is 73.3 Å². The van der Waals surface area contributed by atoms with E-state index in [2.05, 4.69) is 5.10 Å². The molecule has 0 radical (unpaired) electrons. The summed E-state index contributed by atoms with van der Waals surface area (Å²) in [5.74, 6) is 1.24. The number of ether oxygens (including phenoxy) is 1. The minimum atomic E-state index is -0.774. The quantitative estimate of drug-likeness (QED) is 0.860. The van der Waals surface area contributed by atoms with Crippen LogP contribution in [-0.2, 0) is 7.05 Å². The van der Waals surface area contributed by atoms with Gasteiger partial charge in [0.25, 0.3) is 0 Å². The van der Waals surface area contributed by atoms with E-state index in [0.29, 0.717) is 11.4 Å². The molecule has 1 unspecified atom stereocenters. The molecule has 96 valence electrons. The average molecular weight is 247 g/mol. The Kier molecular flexibility index (Phi) is 3.25. The van der Waals surface area contributed by atoms with E-state index in [4.69, 9.17) is 10.5 Å². The van der Waals surface area contributed by atoms with Crippen molar-refractivity contribution in [2.75, 3.05) is 12.8 Å². The highest BCUT2D eigenvalue weighted by atomic mass is 16.5. The van der Waals surface area contributed by atoms with Crippen LogP contribution in [-0.4, -0.2) is 22.0 Å². The number of methoxy groups -OCH3 is 1. The van der Waals surface area contributed by atoms with E-state index in [9.17, 15) is 5.11 Å². The maximum absolute atomic E-state index is 10.4. The Bertz CT molecular complexity index is 563. The molecule has 0 amide bonds. The van der Waals surface area contributed by atoms with Crippen molar-refractivity contribution in [3.8, 4) is 5.75 Å². The lowest BCUT2D eigenvalue weighted by Crippen LogP contribution is -2.06. The zero-order valence-electron chi connectivity index (χ0n) is 10.7. The van der Waals surface area contributed by atoms with E-state index < -0.39 is 6.10 Å². The van der Waals surface area contributed by atoms with Crippen LogP contribution in [0.25, 0.3) is 0 Å². The molecule has 3 N–H and O–H groups in total. The number of aliphatic hydroxyl groups is 1. The van der Waals surface area contributed by atoms with Gasteiger partial charge in [-0.3, -0.25) is 4.68 Å². The summed E-state index contributed by atoms with van der Waals surface area (Å²) in [5.41, 5.74) is 8.23. The van der Waals surface area contributed by atoms with Crippen LogP contribution in [0.3, 0.4) is 0 Å². The largest absolute Gasteiger partial charge is 0.497 e. The molecule has 0 fully saturated rings. The first-order valence-corrected chi connectivity index (χ1v) is 5.64. The predicted octanol–water partition coefficient (Wildman–Crippen LogP) is 1.40. The summed E-state index contributed by atoms with van der Waals surface area (Å²) in [4.78, 5) is 0. The summed E-state index contributed by atoms with van der Waals surface area (Å²) in [5, 5.41) is 14.4. The van der Waals surface area contributed by atoms with Crippen molar-refractivity contribution in [3.63, 3.8) is 0 Å². The smallest absolute Gasteiger partial charge is 0.127 e. The molecule has 18 heavy (non-hydrogen) atoms. The van der Waals surface area contributed by atoms with Gasteiger partial charge in [-0.15, -0.1) is 0 Å². The van der Waals surface area contributed by atoms with Crippen LogP contribution in [0, 0.1) is 6.92 Å². The first kappa shape index (κ1) is 12.4. The van der Waals surface area contributed by atoms with Gasteiger partial charge in [0.1, 0.15) is 17.7 Å². The number of benzene rings is 1. The number of aliphatic hydroxyl groups excluding tert-OH is 1. The van der Waals surface area contributed by atoms with Gasteiger partial charge in [0.15, 0.2) is 0 Å². The molecule has 0 spiro atoms. The van der Waals surface area contributed by atoms with E-state index in [1.54, 1.807) is 20.4 Å². The number of hydrogen-bond donors (Lipinski definition) is 2. The van der Waals surface area contributed by atoms with Crippen molar-refractivity contribution in [1.82, 2.24) is 9.78 Å². The molecule has 2 rings (SSSR count). The SMILES string of the molecule is COc1ccc(C(O)c2cnn(C)c2N)c(C)c1. The summed E-state index contributed by atoms with van der Waals surface area (Å²) in [6, 6.07) is 5.54. The monoisotopic (exact) mass is 247 g/mol. The zero-order chi connectivity index (χ0) is 13.3. The maximum atomic E-state index is 10.4. The molecule has 1 atom stereocenters. The van der Waals surface area contributed by atoms with Crippen LogP contribution < -0.4 is 10.5 Å². The van der Waals surface area contributed by atoms with Gasteiger partial charge in [-0.1, -0.05) is 6.07 Å². The second-order valence-corrected chi connectivity index (χ2v) is 4.23. The van der Waals surface area contributed by atoms with Gasteiger partial charge in [-0.2, -0.15) is 5.10 Å². The normalized spacial score (nSPS) is 12.4. The number of aryl methyl sites for hydroxylation is 2. The summed E-state index contributed by atoms with van der Waals surface area (Å²) in [6.45, 7) is 1.92. The molecule has 1 aromatic heterocycles. The fourth-order valence-corrected chi connectivity index (χ4v) is 1.92. The first-order chi connectivity index (χ1) is 8.54. The maximum Gasteiger partial charge on any atom is 0.127 e. The Balaban J connectivity index is 2.40. The highest BCUT2D eigenvalue weighted by molar-refractivity contribution is 5.47. The molecule has 0 aliphatic carbocycles. The highest BCUT2D eigenvalue weighted by Crippen LogP contribution is 2.29. The molecule has 2 aromatic rings. The Hall–Kier alpha value is -2.01. The van der Waals surface area contributed by atoms with Crippen molar-refractivity contribution in [1.29, 1.82) is 0 Å². The molecule has 0 aliphatic rings. The van der Waals surface area contributed by atoms with E-state index in [1.807, 2.05) is 25.1 Å². The van der Waals surface area contributed by atoms with Crippen LogP contribution in [0.2, 0.25) is 0 Å². The number of aromatic nitrogens is 2. The standard InChI is InChI=1S/C13H17N3O2/c1-8-6-9(18-3)4-5-10(8)12(17)11-7-15-16(2)13(11)14/h4-7,12,17H,14H2,1-3H3. The Labute approximate surface area is 106 Å². The Morgan fingerprint density at radius 2 is 2.11 bits per heavy atom. The minimum Gasteiger partial charge on any atom is -0.497 e. The molecule has 0 bridgehead atoms. The fourth-order valence-electron chi connectivity index (χ4n) is 1.92. The third-order valence-corrected chi connectivity index (χ3v) is 3.08. The molecular formula is C13H17N3O2. The number of anilines is 1.